The lowest BCUT2D eigenvalue weighted by Gasteiger charge is -2.71. The number of aliphatic carboxylic acids is 1. The van der Waals surface area contributed by atoms with Crippen molar-refractivity contribution in [1.82, 2.24) is 5.32 Å². The molecule has 1 amide bonds. The lowest BCUT2D eigenvalue weighted by atomic mass is 9.33. The van der Waals surface area contributed by atoms with Crippen molar-refractivity contribution >= 4 is 23.6 Å². The highest BCUT2D eigenvalue weighted by molar-refractivity contribution is 5.85. The SMILES string of the molecule is CC1O[C@@H](OC2C(O)[C@@H](NC(=O)CCCCCCCCCCC(=O)O)C(CO)O[C@H]2OC(=O)[C@]23CCC(C)(C)CC2C2=CCC4C5(C)CCC(=O)C(C)(C)[C@@H]5CCC4(C)[C@]2(C)CC3O)C(O)C(O)[C@H]1O[C@@H]1OC[C@@H](O)C(O)C1O. The quantitative estimate of drug-likeness (QED) is 0.0495. The standard InChI is InChI=1S/C59H95NO19/c1-31-48(77-50-46(71)43(68)34(62)30-74-50)45(70)47(72)51(75-31)78-49-44(69)42(60-40(65)17-15-13-11-9-10-12-14-16-18-41(66)67)35(29-61)76-52(49)79-53(73)59-26-25-54(2,3)27-33(59)32-19-20-37-56(6)23-22-38(63)55(4,5)36(56)21-24-57(37,7)58(32,8)28-39(59)64/h19,31,33-37,39,42-52,61-62,64,68-72H,9-18,20-30H2,1-8H3,(H,60,65)(H,66,67)/t31?,33?,34-,35?,36+,37?,39?,42+,43?,44?,45?,46?,47?,48+,49?,50+,51+,52+,56?,57?,58-,59-/m1/s1. The molecule has 5 aliphatic carbocycles. The summed E-state index contributed by atoms with van der Waals surface area (Å²) in [5.74, 6) is -1.80. The van der Waals surface area contributed by atoms with Gasteiger partial charge in [-0.15, -0.1) is 0 Å². The Hall–Kier alpha value is -2.70. The van der Waals surface area contributed by atoms with Crippen LogP contribution in [0.5, 0.6) is 0 Å². The molecule has 8 rings (SSSR count). The molecule has 450 valence electrons. The smallest absolute Gasteiger partial charge is 0.317 e. The van der Waals surface area contributed by atoms with Crippen LogP contribution in [0.25, 0.3) is 0 Å². The van der Waals surface area contributed by atoms with Crippen LogP contribution in [-0.2, 0) is 47.6 Å². The second kappa shape index (κ2) is 24.1. The van der Waals surface area contributed by atoms with Crippen LogP contribution in [0.2, 0.25) is 0 Å². The number of nitrogens with one attached hydrogen (secondary N) is 1. The zero-order valence-corrected chi connectivity index (χ0v) is 47.9. The number of carbonyl (C=O) groups excluding carboxylic acids is 3. The number of ketones is 1. The summed E-state index contributed by atoms with van der Waals surface area (Å²) in [6, 6.07) is -1.35. The van der Waals surface area contributed by atoms with Crippen LogP contribution >= 0.6 is 0 Å². The number of Topliss-reactive ketones (excluding diaryl/α,β-unsaturated/α-hetero) is 1. The number of rotatable bonds is 19. The number of aliphatic hydroxyl groups excluding tert-OH is 8. The fourth-order valence-electron chi connectivity index (χ4n) is 16.6. The number of hydrogen-bond acceptors (Lipinski definition) is 18. The molecule has 8 aliphatic rings. The Morgan fingerprint density at radius 1 is 0.709 bits per heavy atom. The number of allylic oxidation sites excluding steroid dienone is 2. The first-order valence-electron chi connectivity index (χ1n) is 29.6. The van der Waals surface area contributed by atoms with E-state index in [0.717, 1.165) is 69.8 Å². The molecular weight excluding hydrogens is 1030 g/mol. The lowest BCUT2D eigenvalue weighted by Crippen LogP contribution is -2.69. The van der Waals surface area contributed by atoms with Crippen molar-refractivity contribution < 1.29 is 93.6 Å². The zero-order valence-electron chi connectivity index (χ0n) is 47.9. The van der Waals surface area contributed by atoms with Gasteiger partial charge in [-0.3, -0.25) is 19.2 Å². The van der Waals surface area contributed by atoms with E-state index in [1.54, 1.807) is 0 Å². The van der Waals surface area contributed by atoms with E-state index in [-0.39, 0.29) is 53.8 Å². The third-order valence-electron chi connectivity index (χ3n) is 21.6. The van der Waals surface area contributed by atoms with Gasteiger partial charge in [0, 0.05) is 24.7 Å². The highest BCUT2D eigenvalue weighted by atomic mass is 16.8. The monoisotopic (exact) mass is 1120 g/mol. The Bertz CT molecular complexity index is 2210. The first-order chi connectivity index (χ1) is 37.1. The molecule has 20 nitrogen and oxygen atoms in total. The van der Waals surface area contributed by atoms with Crippen molar-refractivity contribution in [3.05, 3.63) is 11.6 Å². The van der Waals surface area contributed by atoms with Gasteiger partial charge in [0.15, 0.2) is 18.7 Å². The van der Waals surface area contributed by atoms with Crippen LogP contribution < -0.4 is 5.32 Å². The molecule has 20 heteroatoms. The largest absolute Gasteiger partial charge is 0.481 e. The molecule has 3 saturated heterocycles. The summed E-state index contributed by atoms with van der Waals surface area (Å²) in [7, 11) is 0. The van der Waals surface area contributed by atoms with Crippen LogP contribution in [0.3, 0.4) is 0 Å². The number of ether oxygens (including phenoxy) is 6. The summed E-state index contributed by atoms with van der Waals surface area (Å²) >= 11 is 0. The van der Waals surface area contributed by atoms with E-state index in [4.69, 9.17) is 33.5 Å². The fourth-order valence-corrected chi connectivity index (χ4v) is 16.6. The summed E-state index contributed by atoms with van der Waals surface area (Å²) in [6.07, 6.45) is -7.85. The maximum absolute atomic E-state index is 15.7. The molecular formula is C59H95NO19. The Balaban J connectivity index is 1.04. The van der Waals surface area contributed by atoms with E-state index in [9.17, 15) is 55.2 Å². The molecule has 4 saturated carbocycles. The van der Waals surface area contributed by atoms with Gasteiger partial charge >= 0.3 is 11.9 Å². The van der Waals surface area contributed by atoms with E-state index < -0.39 is 145 Å². The van der Waals surface area contributed by atoms with Crippen molar-refractivity contribution in [2.75, 3.05) is 13.2 Å². The predicted octanol–water partition coefficient (Wildman–Crippen LogP) is 4.10. The maximum Gasteiger partial charge on any atom is 0.317 e. The molecule has 22 atom stereocenters. The molecule has 3 heterocycles. The number of amides is 1. The highest BCUT2D eigenvalue weighted by Gasteiger charge is 2.72. The van der Waals surface area contributed by atoms with Gasteiger partial charge < -0.3 is 79.7 Å². The maximum atomic E-state index is 15.7. The molecule has 3 aliphatic heterocycles. The topological polar surface area (TPSA) is 318 Å². The van der Waals surface area contributed by atoms with Gasteiger partial charge in [-0.05, 0) is 111 Å². The number of hydrogen-bond donors (Lipinski definition) is 10. The summed E-state index contributed by atoms with van der Waals surface area (Å²) < 4.78 is 36.5. The van der Waals surface area contributed by atoms with E-state index in [1.165, 1.54) is 6.92 Å². The Morgan fingerprint density at radius 2 is 1.34 bits per heavy atom. The number of aliphatic hydroxyl groups is 8. The number of fused-ring (bicyclic) bond motifs is 7. The molecule has 13 unspecified atom stereocenters. The van der Waals surface area contributed by atoms with Crippen LogP contribution in [0.15, 0.2) is 11.6 Å². The zero-order chi connectivity index (χ0) is 57.8. The third kappa shape index (κ3) is 11.7. The second-order valence-corrected chi connectivity index (χ2v) is 27.2. The molecule has 79 heavy (non-hydrogen) atoms. The van der Waals surface area contributed by atoms with Crippen LogP contribution in [0.4, 0.5) is 0 Å². The van der Waals surface area contributed by atoms with Crippen molar-refractivity contribution in [3.63, 3.8) is 0 Å². The van der Waals surface area contributed by atoms with Gasteiger partial charge in [0.25, 0.3) is 0 Å². The van der Waals surface area contributed by atoms with Gasteiger partial charge in [-0.1, -0.05) is 98.6 Å². The van der Waals surface area contributed by atoms with Gasteiger partial charge in [0.2, 0.25) is 12.2 Å². The highest BCUT2D eigenvalue weighted by Crippen LogP contribution is 2.75. The van der Waals surface area contributed by atoms with Crippen LogP contribution in [0.1, 0.15) is 177 Å². The Kier molecular flexibility index (Phi) is 19.0. The summed E-state index contributed by atoms with van der Waals surface area (Å²) in [6.45, 7) is 15.9. The molecule has 0 aromatic heterocycles. The summed E-state index contributed by atoms with van der Waals surface area (Å²) in [4.78, 5) is 53.5. The normalized spacial score (nSPS) is 45.4. The number of unbranched alkanes of at least 4 members (excludes halogenated alkanes) is 7. The lowest BCUT2D eigenvalue weighted by molar-refractivity contribution is -0.370. The Labute approximate surface area is 465 Å². The molecule has 7 fully saturated rings. The number of carbonyl (C=O) groups is 4. The van der Waals surface area contributed by atoms with E-state index in [1.807, 2.05) is 0 Å². The molecule has 0 bridgehead atoms. The number of carboxylic acids is 1. The second-order valence-electron chi connectivity index (χ2n) is 27.2. The average Bonchev–Trinajstić information content (AvgIpc) is 2.61. The first-order valence-corrected chi connectivity index (χ1v) is 29.6. The molecule has 0 spiro atoms. The van der Waals surface area contributed by atoms with Crippen molar-refractivity contribution in [2.24, 2.45) is 50.2 Å². The molecule has 0 aromatic carbocycles. The third-order valence-corrected chi connectivity index (χ3v) is 21.6. The van der Waals surface area contributed by atoms with Gasteiger partial charge in [-0.2, -0.15) is 0 Å². The molecule has 10 N–H and O–H groups in total. The minimum Gasteiger partial charge on any atom is -0.481 e. The van der Waals surface area contributed by atoms with Crippen molar-refractivity contribution in [1.29, 1.82) is 0 Å². The average molecular weight is 1120 g/mol. The fraction of sp³-hybridized carbons (Fsp3) is 0.898. The van der Waals surface area contributed by atoms with Gasteiger partial charge in [0.05, 0.1) is 31.5 Å². The number of carboxylic acid groups (broad SMARTS) is 1. The first kappa shape index (κ1) is 62.3. The number of esters is 1. The minimum absolute atomic E-state index is 0.0685. The minimum atomic E-state index is -1.93. The molecule has 0 aromatic rings. The van der Waals surface area contributed by atoms with E-state index in [0.29, 0.717) is 37.9 Å². The summed E-state index contributed by atoms with van der Waals surface area (Å²) in [5, 5.41) is 102. The van der Waals surface area contributed by atoms with Gasteiger partial charge in [-0.25, -0.2) is 0 Å². The predicted molar refractivity (Wildman–Crippen MR) is 283 cm³/mol. The van der Waals surface area contributed by atoms with Gasteiger partial charge in [0.1, 0.15) is 60.0 Å². The Morgan fingerprint density at radius 3 is 2.00 bits per heavy atom. The van der Waals surface area contributed by atoms with Crippen molar-refractivity contribution in [2.45, 2.75) is 269 Å². The van der Waals surface area contributed by atoms with E-state index >= 15 is 4.79 Å². The van der Waals surface area contributed by atoms with E-state index in [2.05, 4.69) is 59.9 Å². The van der Waals surface area contributed by atoms with Crippen LogP contribution in [-0.4, -0.2) is 175 Å². The van der Waals surface area contributed by atoms with Crippen molar-refractivity contribution in [3.8, 4) is 0 Å². The van der Waals surface area contributed by atoms with Crippen LogP contribution in [0, 0.1) is 50.2 Å². The summed E-state index contributed by atoms with van der Waals surface area (Å²) in [5.41, 5.74) is -2.01. The molecule has 0 radical (unpaired) electrons.